The van der Waals surface area contributed by atoms with Gasteiger partial charge in [0.1, 0.15) is 37.4 Å². The molecule has 0 aliphatic rings. The Morgan fingerprint density at radius 2 is 0.411 bits per heavy atom. The fourth-order valence-corrected chi connectivity index (χ4v) is 26.5. The maximum Gasteiger partial charge on any atom is 0.164 e. The van der Waals surface area contributed by atoms with Gasteiger partial charge in [-0.05, 0) is 108 Å². The number of aromatic nitrogens is 11. The van der Waals surface area contributed by atoms with Crippen molar-refractivity contribution in [1.29, 1.82) is 0 Å². The van der Waals surface area contributed by atoms with Gasteiger partial charge in [-0.1, -0.05) is 346 Å². The number of para-hydroxylation sites is 7. The molecule has 0 aliphatic heterocycles. The van der Waals surface area contributed by atoms with Crippen molar-refractivity contribution in [1.82, 2.24) is 54.8 Å². The second kappa shape index (κ2) is 36.3. The zero-order valence-electron chi connectivity index (χ0n) is 77.3. The first-order valence-corrected chi connectivity index (χ1v) is 52.8. The molecule has 146 heavy (non-hydrogen) atoms. The molecule has 0 fully saturated rings. The Morgan fingerprint density at radius 1 is 0.151 bits per heavy atom. The van der Waals surface area contributed by atoms with Gasteiger partial charge < -0.3 is 8.83 Å². The van der Waals surface area contributed by atoms with E-state index in [1.165, 1.54) is 63.8 Å². The number of thiophene rings is 3. The summed E-state index contributed by atoms with van der Waals surface area (Å²) < 4.78 is 23.5. The van der Waals surface area contributed by atoms with Crippen molar-refractivity contribution in [2.75, 3.05) is 0 Å². The molecule has 0 unspecified atom stereocenters. The number of fused-ring (bicyclic) bond motifs is 18. The molecule has 0 aliphatic carbocycles. The molecule has 30 aromatic rings. The van der Waals surface area contributed by atoms with Crippen molar-refractivity contribution < 1.29 is 8.83 Å². The van der Waals surface area contributed by atoms with Crippen LogP contribution in [0.15, 0.2) is 452 Å². The second-order valence-corrected chi connectivity index (χ2v) is 41.9. The molecule has 19 aromatic carbocycles. The first-order chi connectivity index (χ1) is 72.3. The summed E-state index contributed by atoms with van der Waals surface area (Å²) >= 11 is 10.6. The lowest BCUT2D eigenvalue weighted by molar-refractivity contribution is 0.669. The smallest absolute Gasteiger partial charge is 0.164 e. The number of furan rings is 2. The highest BCUT2D eigenvalue weighted by Crippen LogP contribution is 2.52. The van der Waals surface area contributed by atoms with E-state index in [-0.39, 0.29) is 0 Å². The maximum absolute atomic E-state index is 6.42. The molecule has 0 atom stereocenters. The molecular weight excluding hydrogens is 1900 g/mol. The zero-order valence-corrected chi connectivity index (χ0v) is 82.2. The normalized spacial score (nSPS) is 11.7. The van der Waals surface area contributed by atoms with Gasteiger partial charge in [0, 0.05) is 160 Å². The monoisotopic (exact) mass is 1980 g/mol. The van der Waals surface area contributed by atoms with Crippen molar-refractivity contribution in [3.8, 4) is 156 Å². The van der Waals surface area contributed by atoms with Gasteiger partial charge in [0.05, 0.1) is 42.0 Å². The van der Waals surface area contributed by atoms with E-state index < -0.39 is 0 Å². The van der Waals surface area contributed by atoms with Gasteiger partial charge in [-0.3, -0.25) is 0 Å². The SMILES string of the molecule is c1ccc(-c2cc(-c3ccccc3)nc(-c3cccc4sc5cccc(-c6nc7ccccc7s6)c5c34)n2)cc1.c1ccc(-c2nc(-c3ccc(-c4cccc5c4oc4ccccc45)cc3)nc(-c3cccc4sc5cccc(-c6nc7ccccc7s6)c5c34)n2)cc1.c1ccc(-c2nc(-c3cccc(-c4cccc5c4oc4ccccc45)c3)nc(-c3cccc4sc5cccc(-c6nc7ccccc7s6)c5c34)n2)cc1. The number of hydrogen-bond donors (Lipinski definition) is 0. The Morgan fingerprint density at radius 3 is 0.801 bits per heavy atom. The van der Waals surface area contributed by atoms with Crippen LogP contribution < -0.4 is 0 Å². The lowest BCUT2D eigenvalue weighted by Gasteiger charge is -2.11. The van der Waals surface area contributed by atoms with Gasteiger partial charge in [-0.2, -0.15) is 0 Å². The molecule has 30 rings (SSSR count). The Labute approximate surface area is 858 Å². The molecule has 19 heteroatoms. The van der Waals surface area contributed by atoms with Gasteiger partial charge >= 0.3 is 0 Å². The third-order valence-corrected chi connectivity index (χ3v) is 33.3. The first-order valence-electron chi connectivity index (χ1n) is 47.9. The molecular formula is C127H73N11O2S6. The van der Waals surface area contributed by atoms with E-state index in [1.807, 2.05) is 133 Å². The topological polar surface area (TPSA) is 168 Å². The summed E-state index contributed by atoms with van der Waals surface area (Å²) in [6.45, 7) is 0. The Bertz CT molecular complexity index is 10200. The van der Waals surface area contributed by atoms with Crippen molar-refractivity contribution in [2.45, 2.75) is 0 Å². The van der Waals surface area contributed by atoms with Crippen LogP contribution in [-0.2, 0) is 0 Å². The molecule has 0 saturated heterocycles. The van der Waals surface area contributed by atoms with Crippen LogP contribution in [0.25, 0.3) is 291 Å². The van der Waals surface area contributed by atoms with Crippen molar-refractivity contribution in [3.05, 3.63) is 443 Å². The average Bonchev–Trinajstić information content (AvgIpc) is 1.58. The van der Waals surface area contributed by atoms with E-state index in [0.717, 1.165) is 192 Å². The number of rotatable bonds is 14. The van der Waals surface area contributed by atoms with Crippen LogP contribution in [0.4, 0.5) is 0 Å². The minimum atomic E-state index is 0.607. The summed E-state index contributed by atoms with van der Waals surface area (Å²) in [7, 11) is 0. The van der Waals surface area contributed by atoms with Gasteiger partial charge in [0.15, 0.2) is 40.8 Å². The summed E-state index contributed by atoms with van der Waals surface area (Å²) in [5, 5.41) is 14.5. The van der Waals surface area contributed by atoms with E-state index in [1.54, 1.807) is 56.7 Å². The van der Waals surface area contributed by atoms with Gasteiger partial charge in [-0.15, -0.1) is 68.0 Å². The predicted molar refractivity (Wildman–Crippen MR) is 611 cm³/mol. The Hall–Kier alpha value is -17.8. The van der Waals surface area contributed by atoms with Crippen molar-refractivity contribution in [3.63, 3.8) is 0 Å². The van der Waals surface area contributed by atoms with Crippen molar-refractivity contribution in [2.24, 2.45) is 0 Å². The van der Waals surface area contributed by atoms with E-state index in [0.29, 0.717) is 34.9 Å². The molecule has 0 radical (unpaired) electrons. The second-order valence-electron chi connectivity index (χ2n) is 35.6. The highest BCUT2D eigenvalue weighted by molar-refractivity contribution is 7.27. The molecule has 11 heterocycles. The van der Waals surface area contributed by atoms with Crippen LogP contribution in [0.1, 0.15) is 0 Å². The maximum atomic E-state index is 6.42. The largest absolute Gasteiger partial charge is 0.455 e. The van der Waals surface area contributed by atoms with Crippen LogP contribution in [0.5, 0.6) is 0 Å². The quantitative estimate of drug-likeness (QED) is 0.101. The summed E-state index contributed by atoms with van der Waals surface area (Å²) in [6.07, 6.45) is 0. The Kier molecular flexibility index (Phi) is 21.4. The molecule has 0 spiro atoms. The van der Waals surface area contributed by atoms with Crippen molar-refractivity contribution >= 4 is 203 Å². The summed E-state index contributed by atoms with van der Waals surface area (Å²) in [4.78, 5) is 56.4. The molecule has 0 amide bonds. The lowest BCUT2D eigenvalue weighted by atomic mass is 10.00. The molecule has 0 bridgehead atoms. The van der Waals surface area contributed by atoms with Crippen LogP contribution >= 0.6 is 68.0 Å². The van der Waals surface area contributed by atoms with Crippen LogP contribution in [0, 0.1) is 0 Å². The highest BCUT2D eigenvalue weighted by atomic mass is 32.1. The molecule has 11 aromatic heterocycles. The molecule has 684 valence electrons. The molecule has 13 nitrogen and oxygen atoms in total. The van der Waals surface area contributed by atoms with Gasteiger partial charge in [0.25, 0.3) is 0 Å². The van der Waals surface area contributed by atoms with E-state index in [2.05, 4.69) is 322 Å². The third-order valence-electron chi connectivity index (χ3n) is 26.8. The fraction of sp³-hybridized carbons (Fsp3) is 0. The minimum Gasteiger partial charge on any atom is -0.455 e. The molecule has 0 saturated carbocycles. The summed E-state index contributed by atoms with van der Waals surface area (Å²) in [5.41, 5.74) is 24.7. The number of thiazole rings is 3. The first kappa shape index (κ1) is 86.1. The number of nitrogens with zero attached hydrogens (tertiary/aromatic N) is 11. The average molecular weight is 1980 g/mol. The summed E-state index contributed by atoms with van der Waals surface area (Å²) in [5.74, 6) is 4.46. The van der Waals surface area contributed by atoms with Crippen LogP contribution in [0.3, 0.4) is 0 Å². The van der Waals surface area contributed by atoms with Crippen LogP contribution in [0.2, 0.25) is 0 Å². The standard InChI is InChI=1S/2C46H26N4OS2.C35H21N3S2/c1-2-12-27(13-3-1)43-48-44(29-15-8-14-28(26-29)30-17-9-18-32-31-16-4-6-22-36(31)51-42(30)32)50-45(49-43)33-19-10-24-38-40(33)41-34(20-11-25-39(41)52-38)46-47-35-21-5-7-23-37(35)53-46;1-2-11-28(12-3-1)43-48-44(29-25-23-27(24-26-29)30-14-8-15-32-31-13-4-6-19-36(31)51-42(30)32)50-45(49-43)33-16-9-21-38-40(33)41-34(17-10-22-39(41)52-38)46-47-35-18-5-7-20-37(35)53-46;1-3-11-22(12-4-1)27-21-28(23-13-5-2-6-14-23)37-34(36-27)24-15-9-19-30-32(24)33-25(16-10-20-31(33)39-30)35-38-26-17-7-8-18-29(26)40-35/h2*1-26H;1-21H. The Balaban J connectivity index is 0.000000107. The summed E-state index contributed by atoms with van der Waals surface area (Å²) in [6, 6.07) is 153. The minimum absolute atomic E-state index is 0.607. The fourth-order valence-electron chi connectivity index (χ4n) is 20.0. The number of hydrogen-bond acceptors (Lipinski definition) is 19. The highest BCUT2D eigenvalue weighted by Gasteiger charge is 2.27. The third kappa shape index (κ3) is 15.5. The molecule has 0 N–H and O–H groups in total. The lowest BCUT2D eigenvalue weighted by Crippen LogP contribution is -2.00. The van der Waals surface area contributed by atoms with Crippen LogP contribution in [-0.4, -0.2) is 54.8 Å². The number of benzene rings is 19. The predicted octanol–water partition coefficient (Wildman–Crippen LogP) is 36.3. The zero-order chi connectivity index (χ0) is 96.2. The van der Waals surface area contributed by atoms with E-state index >= 15 is 0 Å². The van der Waals surface area contributed by atoms with Gasteiger partial charge in [-0.25, -0.2) is 54.8 Å². The van der Waals surface area contributed by atoms with E-state index in [9.17, 15) is 0 Å². The van der Waals surface area contributed by atoms with E-state index in [4.69, 9.17) is 63.7 Å². The van der Waals surface area contributed by atoms with Gasteiger partial charge in [0.2, 0.25) is 0 Å².